The van der Waals surface area contributed by atoms with Crippen LogP contribution in [-0.4, -0.2) is 20.6 Å². The number of aromatic nitrogens is 1. The van der Waals surface area contributed by atoms with E-state index in [4.69, 9.17) is 0 Å². The molecule has 3 aromatic rings. The molecule has 0 bridgehead atoms. The Morgan fingerprint density at radius 3 is 2.72 bits per heavy atom. The molecule has 8 nitrogen and oxygen atoms in total. The van der Waals surface area contributed by atoms with E-state index < -0.39 is 27.7 Å². The molecule has 0 saturated carbocycles. The summed E-state index contributed by atoms with van der Waals surface area (Å²) in [7, 11) is 0. The lowest BCUT2D eigenvalue weighted by Crippen LogP contribution is -2.21. The van der Waals surface area contributed by atoms with Gasteiger partial charge in [0.1, 0.15) is 11.4 Å². The number of fused-ring (bicyclic) bond motifs is 2. The van der Waals surface area contributed by atoms with Crippen LogP contribution < -0.4 is 10.3 Å². The molecule has 0 fully saturated rings. The molecule has 0 unspecified atom stereocenters. The third-order valence-corrected chi connectivity index (χ3v) is 5.22. The van der Waals surface area contributed by atoms with Crippen LogP contribution in [0, 0.1) is 15.9 Å². The van der Waals surface area contributed by atoms with Crippen molar-refractivity contribution in [3.05, 3.63) is 79.4 Å². The summed E-state index contributed by atoms with van der Waals surface area (Å²) < 4.78 is 16.5. The molecule has 9 heteroatoms. The van der Waals surface area contributed by atoms with Crippen LogP contribution in [0.3, 0.4) is 0 Å². The van der Waals surface area contributed by atoms with Gasteiger partial charge in [0, 0.05) is 30.7 Å². The van der Waals surface area contributed by atoms with Crippen molar-refractivity contribution in [1.82, 2.24) is 4.57 Å². The zero-order chi connectivity index (χ0) is 20.9. The Hall–Kier alpha value is -3.75. The van der Waals surface area contributed by atoms with Crippen LogP contribution in [0.5, 0.6) is 0 Å². The van der Waals surface area contributed by atoms with Crippen molar-refractivity contribution >= 4 is 28.2 Å². The number of rotatable bonds is 4. The van der Waals surface area contributed by atoms with E-state index in [1.54, 1.807) is 28.5 Å². The van der Waals surface area contributed by atoms with Crippen LogP contribution >= 0.6 is 0 Å². The molecule has 1 aliphatic rings. The van der Waals surface area contributed by atoms with Crippen LogP contribution in [0.4, 0.5) is 15.8 Å². The van der Waals surface area contributed by atoms with E-state index in [9.17, 15) is 29.2 Å². The van der Waals surface area contributed by atoms with Crippen molar-refractivity contribution in [2.24, 2.45) is 0 Å². The Bertz CT molecular complexity index is 1250. The number of carboxylic acid groups (broad SMARTS) is 1. The van der Waals surface area contributed by atoms with Crippen LogP contribution in [0.15, 0.2) is 41.3 Å². The molecular formula is C20H16FN3O5. The predicted octanol–water partition coefficient (Wildman–Crippen LogP) is 3.29. The lowest BCUT2D eigenvalue weighted by molar-refractivity contribution is -0.385. The second kappa shape index (κ2) is 6.69. The molecule has 1 aliphatic heterocycles. The fourth-order valence-electron chi connectivity index (χ4n) is 3.80. The minimum Gasteiger partial charge on any atom is -0.477 e. The summed E-state index contributed by atoms with van der Waals surface area (Å²) in [4.78, 5) is 36.3. The van der Waals surface area contributed by atoms with Crippen molar-refractivity contribution in [2.75, 3.05) is 4.90 Å². The van der Waals surface area contributed by atoms with Crippen molar-refractivity contribution in [3.8, 4) is 0 Å². The third kappa shape index (κ3) is 2.91. The van der Waals surface area contributed by atoms with Gasteiger partial charge in [-0.2, -0.15) is 0 Å². The topological polar surface area (TPSA) is 106 Å². The highest BCUT2D eigenvalue weighted by Crippen LogP contribution is 2.36. The minimum atomic E-state index is -1.37. The summed E-state index contributed by atoms with van der Waals surface area (Å²) in [6.07, 6.45) is 1.25. The average molecular weight is 397 g/mol. The van der Waals surface area contributed by atoms with Gasteiger partial charge in [0.05, 0.1) is 28.2 Å². The van der Waals surface area contributed by atoms with E-state index in [0.29, 0.717) is 24.2 Å². The second-order valence-corrected chi connectivity index (χ2v) is 6.81. The number of hydrogen-bond acceptors (Lipinski definition) is 5. The largest absolute Gasteiger partial charge is 0.477 e. The zero-order valence-electron chi connectivity index (χ0n) is 15.4. The Morgan fingerprint density at radius 2 is 2.07 bits per heavy atom. The van der Waals surface area contributed by atoms with Crippen LogP contribution in [0.1, 0.15) is 28.4 Å². The number of hydrogen-bond donors (Lipinski definition) is 1. The maximum absolute atomic E-state index is 14.9. The Morgan fingerprint density at radius 1 is 1.31 bits per heavy atom. The van der Waals surface area contributed by atoms with E-state index in [1.165, 1.54) is 18.3 Å². The first kappa shape index (κ1) is 18.6. The molecular weight excluding hydrogens is 381 g/mol. The Kier molecular flexibility index (Phi) is 4.30. The number of halogens is 1. The number of nitro benzene ring substituents is 1. The molecule has 0 spiro atoms. The lowest BCUT2D eigenvalue weighted by Gasteiger charge is -2.20. The fourth-order valence-corrected chi connectivity index (χ4v) is 3.80. The SMILES string of the molecule is CCn1cc(C(=O)O)c(=O)c2cc(F)c(N3Cc4cccc([N+](=O)[O-])c4C3)cc21. The summed E-state index contributed by atoms with van der Waals surface area (Å²) >= 11 is 0. The lowest BCUT2D eigenvalue weighted by atomic mass is 10.1. The number of anilines is 1. The number of carboxylic acids is 1. The van der Waals surface area contributed by atoms with Crippen LogP contribution in [-0.2, 0) is 19.6 Å². The van der Waals surface area contributed by atoms with Crippen molar-refractivity contribution in [3.63, 3.8) is 0 Å². The molecule has 148 valence electrons. The second-order valence-electron chi connectivity index (χ2n) is 6.81. The van der Waals surface area contributed by atoms with Gasteiger partial charge >= 0.3 is 5.97 Å². The molecule has 0 amide bonds. The van der Waals surface area contributed by atoms with Crippen molar-refractivity contribution in [2.45, 2.75) is 26.6 Å². The molecule has 1 aromatic heterocycles. The molecule has 2 heterocycles. The highest BCUT2D eigenvalue weighted by molar-refractivity contribution is 5.93. The van der Waals surface area contributed by atoms with Gasteiger partial charge in [-0.3, -0.25) is 14.9 Å². The van der Waals surface area contributed by atoms with Crippen molar-refractivity contribution in [1.29, 1.82) is 0 Å². The number of benzene rings is 2. The van der Waals surface area contributed by atoms with Gasteiger partial charge in [-0.05, 0) is 24.6 Å². The van der Waals surface area contributed by atoms with Crippen molar-refractivity contribution < 1.29 is 19.2 Å². The monoisotopic (exact) mass is 397 g/mol. The van der Waals surface area contributed by atoms with E-state index in [2.05, 4.69) is 0 Å². The number of nitrogens with zero attached hydrogens (tertiary/aromatic N) is 3. The zero-order valence-corrected chi connectivity index (χ0v) is 15.4. The smallest absolute Gasteiger partial charge is 0.341 e. The molecule has 29 heavy (non-hydrogen) atoms. The summed E-state index contributed by atoms with van der Waals surface area (Å²) in [5, 5.41) is 20.5. The Labute approximate surface area is 163 Å². The van der Waals surface area contributed by atoms with Gasteiger partial charge < -0.3 is 14.6 Å². The quantitative estimate of drug-likeness (QED) is 0.535. The molecule has 0 aliphatic carbocycles. The summed E-state index contributed by atoms with van der Waals surface area (Å²) in [6, 6.07) is 7.32. The van der Waals surface area contributed by atoms with E-state index in [1.807, 2.05) is 0 Å². The van der Waals surface area contributed by atoms with Gasteiger partial charge in [-0.15, -0.1) is 0 Å². The van der Waals surface area contributed by atoms with Gasteiger partial charge in [0.2, 0.25) is 5.43 Å². The number of aryl methyl sites for hydroxylation is 1. The maximum Gasteiger partial charge on any atom is 0.341 e. The summed E-state index contributed by atoms with van der Waals surface area (Å²) in [6.45, 7) is 2.63. The highest BCUT2D eigenvalue weighted by atomic mass is 19.1. The number of pyridine rings is 1. The van der Waals surface area contributed by atoms with E-state index in [0.717, 1.165) is 11.6 Å². The maximum atomic E-state index is 14.9. The van der Waals surface area contributed by atoms with Gasteiger partial charge in [-0.25, -0.2) is 9.18 Å². The normalized spacial score (nSPS) is 13.0. The third-order valence-electron chi connectivity index (χ3n) is 5.22. The molecule has 1 N–H and O–H groups in total. The summed E-state index contributed by atoms with van der Waals surface area (Å²) in [5.41, 5.74) is 0.706. The standard InChI is InChI=1S/C20H16FN3O5/c1-2-22-10-14(20(26)27)19(25)12-6-15(21)18(7-17(12)22)23-8-11-4-3-5-16(24(28)29)13(11)9-23/h3-7,10H,2,8-9H2,1H3,(H,26,27). The van der Waals surface area contributed by atoms with E-state index >= 15 is 0 Å². The molecule has 0 saturated heterocycles. The number of aromatic carboxylic acids is 1. The molecule has 0 atom stereocenters. The fraction of sp³-hybridized carbons (Fsp3) is 0.200. The van der Waals surface area contributed by atoms with Gasteiger partial charge in [-0.1, -0.05) is 12.1 Å². The number of carbonyl (C=O) groups is 1. The molecule has 0 radical (unpaired) electrons. The molecule has 2 aromatic carbocycles. The minimum absolute atomic E-state index is 0.0113. The molecule has 4 rings (SSSR count). The highest BCUT2D eigenvalue weighted by Gasteiger charge is 2.29. The van der Waals surface area contributed by atoms with Gasteiger partial charge in [0.25, 0.3) is 5.69 Å². The van der Waals surface area contributed by atoms with E-state index in [-0.39, 0.29) is 23.3 Å². The van der Waals surface area contributed by atoms with Gasteiger partial charge in [0.15, 0.2) is 0 Å². The predicted molar refractivity (Wildman–Crippen MR) is 104 cm³/mol. The first-order chi connectivity index (χ1) is 13.8. The summed E-state index contributed by atoms with van der Waals surface area (Å²) in [5.74, 6) is -2.05. The number of nitro groups is 1. The first-order valence-electron chi connectivity index (χ1n) is 8.92. The average Bonchev–Trinajstić information content (AvgIpc) is 3.11. The first-order valence-corrected chi connectivity index (χ1v) is 8.92. The van der Waals surface area contributed by atoms with Crippen LogP contribution in [0.2, 0.25) is 0 Å². The van der Waals surface area contributed by atoms with Crippen LogP contribution in [0.25, 0.3) is 10.9 Å². The Balaban J connectivity index is 1.86.